The predicted octanol–water partition coefficient (Wildman–Crippen LogP) is 0.702. The largest absolute Gasteiger partial charge is 0.449 e. The second-order valence-corrected chi connectivity index (χ2v) is 7.43. The summed E-state index contributed by atoms with van der Waals surface area (Å²) < 4.78 is 31.3. The van der Waals surface area contributed by atoms with E-state index in [4.69, 9.17) is 10.00 Å². The Kier molecular flexibility index (Phi) is 6.12. The Morgan fingerprint density at radius 3 is 2.52 bits per heavy atom. The first-order valence-electron chi connectivity index (χ1n) is 7.81. The number of hydrogen-bond donors (Lipinski definition) is 2. The fourth-order valence-corrected chi connectivity index (χ4v) is 2.95. The summed E-state index contributed by atoms with van der Waals surface area (Å²) in [6.07, 6.45) is 1.00. The number of nitriles is 1. The summed E-state index contributed by atoms with van der Waals surface area (Å²) >= 11 is 0. The molecule has 1 fully saturated rings. The first-order valence-corrected chi connectivity index (χ1v) is 9.30. The van der Waals surface area contributed by atoms with E-state index >= 15 is 0 Å². The van der Waals surface area contributed by atoms with Gasteiger partial charge in [0.1, 0.15) is 0 Å². The lowest BCUT2D eigenvalue weighted by Gasteiger charge is -2.13. The topological polar surface area (TPSA) is 125 Å². The lowest BCUT2D eigenvalue weighted by Crippen LogP contribution is -2.37. The maximum atomic E-state index is 12.0. The predicted molar refractivity (Wildman–Crippen MR) is 87.9 cm³/mol. The Morgan fingerprint density at radius 1 is 1.32 bits per heavy atom. The molecule has 1 aromatic carbocycles. The molecule has 1 aliphatic rings. The molecule has 1 atom stereocenters. The molecule has 2 rings (SSSR count). The molecule has 0 bridgehead atoms. The van der Waals surface area contributed by atoms with Crippen LogP contribution in [0.5, 0.6) is 0 Å². The maximum Gasteiger partial charge on any atom is 0.338 e. The number of carbonyl (C=O) groups is 2. The van der Waals surface area contributed by atoms with Crippen LogP contribution in [0, 0.1) is 11.3 Å². The molecule has 1 amide bonds. The number of nitrogens with one attached hydrogen (secondary N) is 2. The van der Waals surface area contributed by atoms with E-state index < -0.39 is 22.1 Å². The molecule has 2 N–H and O–H groups in total. The number of benzene rings is 1. The third-order valence-corrected chi connectivity index (χ3v) is 4.98. The summed E-state index contributed by atoms with van der Waals surface area (Å²) in [6, 6.07) is 7.16. The van der Waals surface area contributed by atoms with E-state index in [2.05, 4.69) is 10.0 Å². The molecule has 1 aliphatic carbocycles. The summed E-state index contributed by atoms with van der Waals surface area (Å²) in [5, 5.41) is 11.2. The molecule has 1 saturated carbocycles. The molecule has 1 aromatic rings. The van der Waals surface area contributed by atoms with Crippen LogP contribution in [-0.2, 0) is 19.6 Å². The van der Waals surface area contributed by atoms with Crippen LogP contribution in [0.1, 0.15) is 36.5 Å². The SMILES string of the molecule is C[C@H](OC(=O)c1ccc(S(=O)(=O)NCCC#N)cc1)C(=O)NC1CC1. The number of ether oxygens (including phenoxy) is 1. The molecule has 0 unspecified atom stereocenters. The highest BCUT2D eigenvalue weighted by atomic mass is 32.2. The smallest absolute Gasteiger partial charge is 0.338 e. The van der Waals surface area contributed by atoms with Crippen molar-refractivity contribution in [2.45, 2.75) is 43.2 Å². The second-order valence-electron chi connectivity index (χ2n) is 5.66. The Bertz CT molecular complexity index is 779. The maximum absolute atomic E-state index is 12.0. The van der Waals surface area contributed by atoms with Crippen molar-refractivity contribution in [3.8, 4) is 6.07 Å². The Morgan fingerprint density at radius 2 is 1.96 bits per heavy atom. The molecule has 0 aliphatic heterocycles. The first kappa shape index (κ1) is 18.9. The fourth-order valence-electron chi connectivity index (χ4n) is 1.92. The molecule has 9 heteroatoms. The van der Waals surface area contributed by atoms with Crippen LogP contribution in [0.15, 0.2) is 29.2 Å². The van der Waals surface area contributed by atoms with Gasteiger partial charge in [-0.15, -0.1) is 0 Å². The molecule has 0 radical (unpaired) electrons. The zero-order valence-electron chi connectivity index (χ0n) is 13.7. The molecule has 0 aromatic heterocycles. The van der Waals surface area contributed by atoms with Crippen molar-refractivity contribution in [2.75, 3.05) is 6.54 Å². The quantitative estimate of drug-likeness (QED) is 0.516. The van der Waals surface area contributed by atoms with Gasteiger partial charge in [0.05, 0.1) is 16.5 Å². The van der Waals surface area contributed by atoms with E-state index in [0.29, 0.717) is 0 Å². The van der Waals surface area contributed by atoms with Gasteiger partial charge in [0.2, 0.25) is 10.0 Å². The highest BCUT2D eigenvalue weighted by Gasteiger charge is 2.27. The van der Waals surface area contributed by atoms with Crippen molar-refractivity contribution >= 4 is 21.9 Å². The van der Waals surface area contributed by atoms with Crippen molar-refractivity contribution in [3.63, 3.8) is 0 Å². The zero-order chi connectivity index (χ0) is 18.4. The van der Waals surface area contributed by atoms with Gasteiger partial charge >= 0.3 is 5.97 Å². The third kappa shape index (κ3) is 5.55. The zero-order valence-corrected chi connectivity index (χ0v) is 14.5. The first-order chi connectivity index (χ1) is 11.8. The summed E-state index contributed by atoms with van der Waals surface area (Å²) in [5.74, 6) is -1.06. The number of rotatable bonds is 8. The lowest BCUT2D eigenvalue weighted by atomic mass is 10.2. The number of amides is 1. The lowest BCUT2D eigenvalue weighted by molar-refractivity contribution is -0.129. The Labute approximate surface area is 146 Å². The van der Waals surface area contributed by atoms with Gasteiger partial charge < -0.3 is 10.1 Å². The van der Waals surface area contributed by atoms with Gasteiger partial charge in [0, 0.05) is 19.0 Å². The highest BCUT2D eigenvalue weighted by molar-refractivity contribution is 7.89. The second kappa shape index (κ2) is 8.09. The van der Waals surface area contributed by atoms with Gasteiger partial charge in [0.15, 0.2) is 6.10 Å². The van der Waals surface area contributed by atoms with Gasteiger partial charge in [0.25, 0.3) is 5.91 Å². The monoisotopic (exact) mass is 365 g/mol. The van der Waals surface area contributed by atoms with E-state index in [9.17, 15) is 18.0 Å². The molecule has 0 saturated heterocycles. The van der Waals surface area contributed by atoms with Crippen LogP contribution in [0.4, 0.5) is 0 Å². The number of nitrogens with zero attached hydrogens (tertiary/aromatic N) is 1. The fraction of sp³-hybridized carbons (Fsp3) is 0.438. The van der Waals surface area contributed by atoms with Crippen LogP contribution >= 0.6 is 0 Å². The summed E-state index contributed by atoms with van der Waals surface area (Å²) in [4.78, 5) is 23.8. The van der Waals surface area contributed by atoms with Crippen LogP contribution < -0.4 is 10.0 Å². The average molecular weight is 365 g/mol. The summed E-state index contributed by atoms with van der Waals surface area (Å²) in [6.45, 7) is 1.49. The molecule has 0 heterocycles. The van der Waals surface area contributed by atoms with E-state index in [-0.39, 0.29) is 35.4 Å². The molecular weight excluding hydrogens is 346 g/mol. The minimum atomic E-state index is -3.74. The van der Waals surface area contributed by atoms with E-state index in [0.717, 1.165) is 12.8 Å². The van der Waals surface area contributed by atoms with E-state index in [1.165, 1.54) is 31.2 Å². The summed E-state index contributed by atoms with van der Waals surface area (Å²) in [7, 11) is -3.74. The van der Waals surface area contributed by atoms with Crippen molar-refractivity contribution in [2.24, 2.45) is 0 Å². The highest BCUT2D eigenvalue weighted by Crippen LogP contribution is 2.19. The number of esters is 1. The van der Waals surface area contributed by atoms with Crippen molar-refractivity contribution in [1.82, 2.24) is 10.0 Å². The molecule has 8 nitrogen and oxygen atoms in total. The van der Waals surface area contributed by atoms with Gasteiger partial charge in [-0.25, -0.2) is 17.9 Å². The van der Waals surface area contributed by atoms with Crippen molar-refractivity contribution < 1.29 is 22.7 Å². The molecule has 25 heavy (non-hydrogen) atoms. The van der Waals surface area contributed by atoms with E-state index in [1.54, 1.807) is 0 Å². The normalized spacial score (nSPS) is 15.0. The minimum absolute atomic E-state index is 0.0102. The number of carbonyl (C=O) groups excluding carboxylic acids is 2. The van der Waals surface area contributed by atoms with Crippen LogP contribution in [0.3, 0.4) is 0 Å². The van der Waals surface area contributed by atoms with Gasteiger partial charge in [-0.3, -0.25) is 4.79 Å². The molecule has 134 valence electrons. The van der Waals surface area contributed by atoms with Crippen LogP contribution in [-0.4, -0.2) is 39.0 Å². The van der Waals surface area contributed by atoms with Gasteiger partial charge in [-0.1, -0.05) is 0 Å². The summed E-state index contributed by atoms with van der Waals surface area (Å²) in [5.41, 5.74) is 0.141. The van der Waals surface area contributed by atoms with E-state index in [1.807, 2.05) is 6.07 Å². The number of hydrogen-bond acceptors (Lipinski definition) is 6. The standard InChI is InChI=1S/C16H19N3O5S/c1-11(15(20)19-13-5-6-13)24-16(21)12-3-7-14(8-4-12)25(22,23)18-10-2-9-17/h3-4,7-8,11,13,18H,2,5-6,10H2,1H3,(H,19,20)/t11-/m0/s1. The Hall–Kier alpha value is -2.44. The van der Waals surface area contributed by atoms with Crippen molar-refractivity contribution in [1.29, 1.82) is 5.26 Å². The molecule has 0 spiro atoms. The third-order valence-electron chi connectivity index (χ3n) is 3.51. The average Bonchev–Trinajstić information content (AvgIpc) is 3.39. The van der Waals surface area contributed by atoms with Crippen molar-refractivity contribution in [3.05, 3.63) is 29.8 Å². The van der Waals surface area contributed by atoms with Crippen LogP contribution in [0.25, 0.3) is 0 Å². The van der Waals surface area contributed by atoms with Crippen LogP contribution in [0.2, 0.25) is 0 Å². The van der Waals surface area contributed by atoms with Gasteiger partial charge in [-0.2, -0.15) is 5.26 Å². The minimum Gasteiger partial charge on any atom is -0.449 e. The molecular formula is C16H19N3O5S. The van der Waals surface area contributed by atoms with Gasteiger partial charge in [-0.05, 0) is 44.0 Å². The Balaban J connectivity index is 1.95. The number of sulfonamides is 1.